The fraction of sp³-hybridized carbons (Fsp3) is 0.188. The number of rotatable bonds is 2. The van der Waals surface area contributed by atoms with E-state index in [1.807, 2.05) is 29.7 Å². The number of esters is 1. The molecule has 0 saturated carbocycles. The molecule has 0 aliphatic rings. The third-order valence-electron chi connectivity index (χ3n) is 3.69. The monoisotopic (exact) mass is 303 g/mol. The van der Waals surface area contributed by atoms with Gasteiger partial charge in [-0.15, -0.1) is 0 Å². The fourth-order valence-electron chi connectivity index (χ4n) is 2.71. The number of phenolic OH excluding ortho intramolecular Hbond substituents is 1. The Morgan fingerprint density at radius 1 is 1.33 bits per heavy atom. The number of aryl methyl sites for hydroxylation is 1. The highest BCUT2D eigenvalue weighted by molar-refractivity contribution is 6.40. The summed E-state index contributed by atoms with van der Waals surface area (Å²) in [6.07, 6.45) is 1.72. The second-order valence-corrected chi connectivity index (χ2v) is 5.13. The van der Waals surface area contributed by atoms with Crippen LogP contribution in [0.15, 0.2) is 30.5 Å². The SMILES string of the molecule is CCn1cc(C(=O)OC)c2c(Cl)c(O)c3ccccc3c21. The molecule has 5 heteroatoms. The first kappa shape index (κ1) is 13.8. The van der Waals surface area contributed by atoms with Gasteiger partial charge in [0.15, 0.2) is 0 Å². The van der Waals surface area contributed by atoms with Gasteiger partial charge in [-0.3, -0.25) is 0 Å². The van der Waals surface area contributed by atoms with Crippen molar-refractivity contribution in [2.24, 2.45) is 0 Å². The Bertz CT molecular complexity index is 867. The standard InChI is InChI=1S/C16H14ClNO3/c1-3-18-8-11(16(20)21-2)12-13(17)15(19)10-7-5-4-6-9(10)14(12)18/h4-8,19H,3H2,1-2H3. The third kappa shape index (κ3) is 1.87. The van der Waals surface area contributed by atoms with E-state index in [1.54, 1.807) is 12.3 Å². The van der Waals surface area contributed by atoms with Crippen LogP contribution in [0.1, 0.15) is 17.3 Å². The Morgan fingerprint density at radius 2 is 2.00 bits per heavy atom. The molecule has 0 fully saturated rings. The highest BCUT2D eigenvalue weighted by atomic mass is 35.5. The molecule has 0 radical (unpaired) electrons. The number of halogens is 1. The van der Waals surface area contributed by atoms with Crippen molar-refractivity contribution in [2.45, 2.75) is 13.5 Å². The summed E-state index contributed by atoms with van der Waals surface area (Å²) in [4.78, 5) is 12.0. The van der Waals surface area contributed by atoms with Gasteiger partial charge >= 0.3 is 5.97 Å². The van der Waals surface area contributed by atoms with Crippen LogP contribution in [0.5, 0.6) is 5.75 Å². The minimum absolute atomic E-state index is 0.0150. The highest BCUT2D eigenvalue weighted by Crippen LogP contribution is 2.42. The molecule has 1 aromatic heterocycles. The molecule has 0 aliphatic carbocycles. The van der Waals surface area contributed by atoms with Crippen LogP contribution in [-0.2, 0) is 11.3 Å². The third-order valence-corrected chi connectivity index (χ3v) is 4.06. The highest BCUT2D eigenvalue weighted by Gasteiger charge is 2.22. The molecule has 0 spiro atoms. The van der Waals surface area contributed by atoms with E-state index in [2.05, 4.69) is 0 Å². The Balaban J connectivity index is 2.59. The number of benzene rings is 2. The number of ether oxygens (including phenoxy) is 1. The molecule has 0 amide bonds. The van der Waals surface area contributed by atoms with Crippen molar-refractivity contribution >= 4 is 39.2 Å². The molecule has 21 heavy (non-hydrogen) atoms. The zero-order valence-corrected chi connectivity index (χ0v) is 12.4. The molecule has 1 N–H and O–H groups in total. The van der Waals surface area contributed by atoms with E-state index in [0.717, 1.165) is 10.9 Å². The quantitative estimate of drug-likeness (QED) is 0.729. The number of carbonyl (C=O) groups is 1. The lowest BCUT2D eigenvalue weighted by molar-refractivity contribution is 0.0603. The van der Waals surface area contributed by atoms with E-state index in [0.29, 0.717) is 22.9 Å². The van der Waals surface area contributed by atoms with Crippen molar-refractivity contribution in [1.29, 1.82) is 0 Å². The molecular weight excluding hydrogens is 290 g/mol. The first-order valence-corrected chi connectivity index (χ1v) is 6.98. The Kier molecular flexibility index (Phi) is 3.26. The van der Waals surface area contributed by atoms with Gasteiger partial charge in [-0.1, -0.05) is 35.9 Å². The van der Waals surface area contributed by atoms with Gasteiger partial charge in [0.1, 0.15) is 5.75 Å². The predicted molar refractivity (Wildman–Crippen MR) is 83.1 cm³/mol. The van der Waals surface area contributed by atoms with Gasteiger partial charge < -0.3 is 14.4 Å². The van der Waals surface area contributed by atoms with E-state index < -0.39 is 5.97 Å². The Labute approximate surface area is 126 Å². The normalized spacial score (nSPS) is 11.2. The van der Waals surface area contributed by atoms with Gasteiger partial charge in [-0.25, -0.2) is 4.79 Å². The van der Waals surface area contributed by atoms with Gasteiger partial charge in [0.2, 0.25) is 0 Å². The molecule has 3 aromatic rings. The Morgan fingerprint density at radius 3 is 2.62 bits per heavy atom. The molecule has 0 atom stereocenters. The van der Waals surface area contributed by atoms with Crippen LogP contribution in [0.4, 0.5) is 0 Å². The number of methoxy groups -OCH3 is 1. The van der Waals surface area contributed by atoms with Crippen LogP contribution >= 0.6 is 11.6 Å². The summed E-state index contributed by atoms with van der Waals surface area (Å²) in [5.41, 5.74) is 1.19. The summed E-state index contributed by atoms with van der Waals surface area (Å²) in [6.45, 7) is 2.66. The maximum absolute atomic E-state index is 12.0. The molecule has 2 aromatic carbocycles. The van der Waals surface area contributed by atoms with Crippen LogP contribution < -0.4 is 0 Å². The van der Waals surface area contributed by atoms with Crippen molar-refractivity contribution in [3.8, 4) is 5.75 Å². The van der Waals surface area contributed by atoms with Gasteiger partial charge in [-0.2, -0.15) is 0 Å². The number of aromatic nitrogens is 1. The number of hydrogen-bond acceptors (Lipinski definition) is 3. The van der Waals surface area contributed by atoms with E-state index in [-0.39, 0.29) is 10.8 Å². The van der Waals surface area contributed by atoms with Crippen molar-refractivity contribution in [2.75, 3.05) is 7.11 Å². The summed E-state index contributed by atoms with van der Waals surface area (Å²) in [5.74, 6) is -0.484. The average molecular weight is 304 g/mol. The van der Waals surface area contributed by atoms with Crippen molar-refractivity contribution in [3.63, 3.8) is 0 Å². The largest absolute Gasteiger partial charge is 0.506 e. The lowest BCUT2D eigenvalue weighted by Crippen LogP contribution is -2.00. The second-order valence-electron chi connectivity index (χ2n) is 4.75. The topological polar surface area (TPSA) is 51.5 Å². The van der Waals surface area contributed by atoms with Gasteiger partial charge in [-0.05, 0) is 6.92 Å². The molecule has 0 saturated heterocycles. The van der Waals surface area contributed by atoms with E-state index >= 15 is 0 Å². The average Bonchev–Trinajstić information content (AvgIpc) is 2.91. The number of fused-ring (bicyclic) bond motifs is 3. The first-order valence-electron chi connectivity index (χ1n) is 6.60. The molecule has 1 heterocycles. The van der Waals surface area contributed by atoms with E-state index in [1.165, 1.54) is 7.11 Å². The number of hydrogen-bond donors (Lipinski definition) is 1. The maximum Gasteiger partial charge on any atom is 0.340 e. The molecule has 0 bridgehead atoms. The first-order chi connectivity index (χ1) is 10.1. The minimum Gasteiger partial charge on any atom is -0.506 e. The van der Waals surface area contributed by atoms with Crippen LogP contribution in [0, 0.1) is 0 Å². The summed E-state index contributed by atoms with van der Waals surface area (Å²) >= 11 is 6.31. The minimum atomic E-state index is -0.469. The number of phenols is 1. The summed E-state index contributed by atoms with van der Waals surface area (Å²) in [6, 6.07) is 7.44. The number of carbonyl (C=O) groups excluding carboxylic acids is 1. The predicted octanol–water partition coefficient (Wildman–Crippen LogP) is 3.96. The second kappa shape index (κ2) is 4.97. The summed E-state index contributed by atoms with van der Waals surface area (Å²) < 4.78 is 6.76. The molecule has 108 valence electrons. The van der Waals surface area contributed by atoms with Crippen LogP contribution in [-0.4, -0.2) is 22.8 Å². The van der Waals surface area contributed by atoms with Crippen molar-refractivity contribution < 1.29 is 14.6 Å². The number of aromatic hydroxyl groups is 1. The zero-order chi connectivity index (χ0) is 15.1. The van der Waals surface area contributed by atoms with Crippen LogP contribution in [0.3, 0.4) is 0 Å². The fourth-order valence-corrected chi connectivity index (χ4v) is 3.01. The molecule has 0 unspecified atom stereocenters. The summed E-state index contributed by atoms with van der Waals surface area (Å²) in [7, 11) is 1.33. The lowest BCUT2D eigenvalue weighted by atomic mass is 10.0. The lowest BCUT2D eigenvalue weighted by Gasteiger charge is -2.09. The van der Waals surface area contributed by atoms with E-state index in [9.17, 15) is 9.90 Å². The van der Waals surface area contributed by atoms with Gasteiger partial charge in [0.25, 0.3) is 0 Å². The number of nitrogens with zero attached hydrogens (tertiary/aromatic N) is 1. The smallest absolute Gasteiger partial charge is 0.340 e. The van der Waals surface area contributed by atoms with Crippen LogP contribution in [0.25, 0.3) is 21.7 Å². The van der Waals surface area contributed by atoms with Crippen molar-refractivity contribution in [3.05, 3.63) is 41.0 Å². The molecular formula is C16H14ClNO3. The maximum atomic E-state index is 12.0. The van der Waals surface area contributed by atoms with Crippen molar-refractivity contribution in [1.82, 2.24) is 4.57 Å². The van der Waals surface area contributed by atoms with Crippen LogP contribution in [0.2, 0.25) is 5.02 Å². The zero-order valence-electron chi connectivity index (χ0n) is 11.7. The summed E-state index contributed by atoms with van der Waals surface area (Å²) in [5, 5.41) is 12.5. The molecule has 0 aliphatic heterocycles. The van der Waals surface area contributed by atoms with E-state index in [4.69, 9.17) is 16.3 Å². The van der Waals surface area contributed by atoms with Gasteiger partial charge in [0, 0.05) is 28.9 Å². The molecule has 4 nitrogen and oxygen atoms in total. The Hall–Kier alpha value is -2.20. The molecule has 3 rings (SSSR count). The van der Waals surface area contributed by atoms with Gasteiger partial charge in [0.05, 0.1) is 23.2 Å².